The van der Waals surface area contributed by atoms with Crippen molar-refractivity contribution in [1.82, 2.24) is 9.97 Å². The number of nitrogens with one attached hydrogen (secondary N) is 1. The van der Waals surface area contributed by atoms with E-state index in [0.29, 0.717) is 36.5 Å². The van der Waals surface area contributed by atoms with Crippen LogP contribution in [0.5, 0.6) is 0 Å². The van der Waals surface area contributed by atoms with E-state index >= 15 is 0 Å². The zero-order valence-electron chi connectivity index (χ0n) is 10.6. The Bertz CT molecular complexity index is 415. The Balaban J connectivity index is 1.57. The summed E-state index contributed by atoms with van der Waals surface area (Å²) in [6.07, 6.45) is 11.0. The number of ketones is 1. The molecule has 2 saturated carbocycles. The SMILES string of the molecule is O=C1CCC(Nc2ncc(C3CCC3)cn2)CC1. The average Bonchev–Trinajstić information content (AvgIpc) is 2.32. The zero-order valence-corrected chi connectivity index (χ0v) is 10.6. The highest BCUT2D eigenvalue weighted by molar-refractivity contribution is 5.79. The van der Waals surface area contributed by atoms with Gasteiger partial charge in [0.05, 0.1) is 0 Å². The standard InChI is InChI=1S/C14H19N3O/c18-13-6-4-12(5-7-13)17-14-15-8-11(9-16-14)10-2-1-3-10/h8-10,12H,1-7H2,(H,15,16,17). The van der Waals surface area contributed by atoms with Gasteiger partial charge < -0.3 is 5.32 Å². The summed E-state index contributed by atoms with van der Waals surface area (Å²) in [4.78, 5) is 19.9. The van der Waals surface area contributed by atoms with Gasteiger partial charge in [-0.1, -0.05) is 6.42 Å². The predicted octanol–water partition coefficient (Wildman–Crippen LogP) is 2.67. The molecule has 1 aromatic rings. The molecule has 0 amide bonds. The summed E-state index contributed by atoms with van der Waals surface area (Å²) in [7, 11) is 0. The molecule has 2 aliphatic rings. The van der Waals surface area contributed by atoms with Gasteiger partial charge in [-0.3, -0.25) is 4.79 Å². The van der Waals surface area contributed by atoms with Crippen molar-refractivity contribution in [2.45, 2.75) is 56.9 Å². The molecule has 0 radical (unpaired) electrons. The third-order valence-corrected chi connectivity index (χ3v) is 4.12. The molecule has 96 valence electrons. The highest BCUT2D eigenvalue weighted by Crippen LogP contribution is 2.35. The number of hydrogen-bond acceptors (Lipinski definition) is 4. The van der Waals surface area contributed by atoms with Gasteiger partial charge in [-0.25, -0.2) is 9.97 Å². The molecule has 2 aliphatic carbocycles. The maximum absolute atomic E-state index is 11.2. The molecule has 1 aromatic heterocycles. The zero-order chi connectivity index (χ0) is 12.4. The average molecular weight is 245 g/mol. The summed E-state index contributed by atoms with van der Waals surface area (Å²) in [6, 6.07) is 0.359. The quantitative estimate of drug-likeness (QED) is 0.889. The number of carbonyl (C=O) groups excluding carboxylic acids is 1. The van der Waals surface area contributed by atoms with E-state index in [1.165, 1.54) is 24.8 Å². The molecule has 0 bridgehead atoms. The van der Waals surface area contributed by atoms with Gasteiger partial charge in [-0.05, 0) is 37.2 Å². The largest absolute Gasteiger partial charge is 0.351 e. The molecule has 4 heteroatoms. The molecule has 0 spiro atoms. The Hall–Kier alpha value is -1.45. The van der Waals surface area contributed by atoms with Crippen molar-refractivity contribution in [3.8, 4) is 0 Å². The van der Waals surface area contributed by atoms with E-state index in [1.54, 1.807) is 0 Å². The Morgan fingerprint density at radius 3 is 2.28 bits per heavy atom. The number of aromatic nitrogens is 2. The van der Waals surface area contributed by atoms with Gasteiger partial charge in [0.15, 0.2) is 0 Å². The lowest BCUT2D eigenvalue weighted by atomic mass is 9.81. The van der Waals surface area contributed by atoms with Gasteiger partial charge in [-0.15, -0.1) is 0 Å². The summed E-state index contributed by atoms with van der Waals surface area (Å²) in [6.45, 7) is 0. The Labute approximate surface area is 107 Å². The van der Waals surface area contributed by atoms with Crippen LogP contribution in [-0.2, 0) is 4.79 Å². The van der Waals surface area contributed by atoms with E-state index in [4.69, 9.17) is 0 Å². The van der Waals surface area contributed by atoms with Crippen LogP contribution in [0.4, 0.5) is 5.95 Å². The highest BCUT2D eigenvalue weighted by Gasteiger charge is 2.21. The Kier molecular flexibility index (Phi) is 3.26. The molecular weight excluding hydrogens is 226 g/mol. The second kappa shape index (κ2) is 5.04. The fourth-order valence-electron chi connectivity index (χ4n) is 2.63. The van der Waals surface area contributed by atoms with Crippen LogP contribution in [0.3, 0.4) is 0 Å². The molecule has 3 rings (SSSR count). The summed E-state index contributed by atoms with van der Waals surface area (Å²) in [5.41, 5.74) is 1.27. The van der Waals surface area contributed by atoms with Gasteiger partial charge in [0.25, 0.3) is 0 Å². The topological polar surface area (TPSA) is 54.9 Å². The lowest BCUT2D eigenvalue weighted by Gasteiger charge is -2.25. The van der Waals surface area contributed by atoms with Gasteiger partial charge >= 0.3 is 0 Å². The fourth-order valence-corrected chi connectivity index (χ4v) is 2.63. The second-order valence-electron chi connectivity index (χ2n) is 5.43. The fraction of sp³-hybridized carbons (Fsp3) is 0.643. The third kappa shape index (κ3) is 2.52. The molecule has 1 N–H and O–H groups in total. The first-order valence-electron chi connectivity index (χ1n) is 6.91. The molecule has 0 aromatic carbocycles. The second-order valence-corrected chi connectivity index (χ2v) is 5.43. The first kappa shape index (κ1) is 11.6. The molecule has 0 unspecified atom stereocenters. The molecule has 18 heavy (non-hydrogen) atoms. The smallest absolute Gasteiger partial charge is 0.222 e. The van der Waals surface area contributed by atoms with E-state index < -0.39 is 0 Å². The summed E-state index contributed by atoms with van der Waals surface area (Å²) in [5, 5.41) is 3.33. The minimum atomic E-state index is 0.359. The maximum Gasteiger partial charge on any atom is 0.222 e. The van der Waals surface area contributed by atoms with Crippen molar-refractivity contribution in [3.05, 3.63) is 18.0 Å². The Morgan fingerprint density at radius 1 is 1.06 bits per heavy atom. The molecule has 0 saturated heterocycles. The highest BCUT2D eigenvalue weighted by atomic mass is 16.1. The van der Waals surface area contributed by atoms with Crippen molar-refractivity contribution in [2.75, 3.05) is 5.32 Å². The molecule has 4 nitrogen and oxygen atoms in total. The minimum absolute atomic E-state index is 0.359. The van der Waals surface area contributed by atoms with E-state index in [-0.39, 0.29) is 0 Å². The predicted molar refractivity (Wildman–Crippen MR) is 69.5 cm³/mol. The molecule has 2 fully saturated rings. The molecule has 0 aliphatic heterocycles. The molecular formula is C14H19N3O. The van der Waals surface area contributed by atoms with Crippen molar-refractivity contribution in [1.29, 1.82) is 0 Å². The summed E-state index contributed by atoms with van der Waals surface area (Å²) >= 11 is 0. The van der Waals surface area contributed by atoms with Gasteiger partial charge in [-0.2, -0.15) is 0 Å². The van der Waals surface area contributed by atoms with Crippen LogP contribution in [0.2, 0.25) is 0 Å². The van der Waals surface area contributed by atoms with E-state index in [1.807, 2.05) is 12.4 Å². The van der Waals surface area contributed by atoms with Crippen molar-refractivity contribution >= 4 is 11.7 Å². The maximum atomic E-state index is 11.2. The number of anilines is 1. The van der Waals surface area contributed by atoms with Gasteiger partial charge in [0.1, 0.15) is 5.78 Å². The van der Waals surface area contributed by atoms with Gasteiger partial charge in [0.2, 0.25) is 5.95 Å². The summed E-state index contributed by atoms with van der Waals surface area (Å²) in [5.74, 6) is 1.78. The van der Waals surface area contributed by atoms with Crippen LogP contribution in [0.25, 0.3) is 0 Å². The van der Waals surface area contributed by atoms with Crippen molar-refractivity contribution in [3.63, 3.8) is 0 Å². The summed E-state index contributed by atoms with van der Waals surface area (Å²) < 4.78 is 0. The van der Waals surface area contributed by atoms with E-state index in [0.717, 1.165) is 12.8 Å². The van der Waals surface area contributed by atoms with E-state index in [9.17, 15) is 4.79 Å². The molecule has 1 heterocycles. The van der Waals surface area contributed by atoms with Crippen LogP contribution < -0.4 is 5.32 Å². The number of Topliss-reactive ketones (excluding diaryl/α,β-unsaturated/α-hetero) is 1. The third-order valence-electron chi connectivity index (χ3n) is 4.12. The minimum Gasteiger partial charge on any atom is -0.351 e. The van der Waals surface area contributed by atoms with Crippen LogP contribution in [-0.4, -0.2) is 21.8 Å². The number of hydrogen-bond donors (Lipinski definition) is 1. The first-order valence-corrected chi connectivity index (χ1v) is 6.91. The number of carbonyl (C=O) groups is 1. The molecule has 0 atom stereocenters. The van der Waals surface area contributed by atoms with Crippen LogP contribution >= 0.6 is 0 Å². The van der Waals surface area contributed by atoms with Crippen LogP contribution in [0, 0.1) is 0 Å². The first-order chi connectivity index (χ1) is 8.81. The van der Waals surface area contributed by atoms with Crippen LogP contribution in [0.15, 0.2) is 12.4 Å². The normalized spacial score (nSPS) is 21.7. The van der Waals surface area contributed by atoms with Crippen molar-refractivity contribution < 1.29 is 4.79 Å². The lowest BCUT2D eigenvalue weighted by molar-refractivity contribution is -0.120. The van der Waals surface area contributed by atoms with Crippen LogP contribution in [0.1, 0.15) is 56.4 Å². The Morgan fingerprint density at radius 2 is 1.72 bits per heavy atom. The lowest BCUT2D eigenvalue weighted by Crippen LogP contribution is -2.27. The monoisotopic (exact) mass is 245 g/mol. The van der Waals surface area contributed by atoms with Crippen molar-refractivity contribution in [2.24, 2.45) is 0 Å². The number of rotatable bonds is 3. The van der Waals surface area contributed by atoms with E-state index in [2.05, 4.69) is 15.3 Å². The number of nitrogens with zero attached hydrogens (tertiary/aromatic N) is 2. The van der Waals surface area contributed by atoms with Gasteiger partial charge in [0, 0.05) is 31.3 Å².